The summed E-state index contributed by atoms with van der Waals surface area (Å²) in [4.78, 5) is 14.3. The predicted molar refractivity (Wildman–Crippen MR) is 68.6 cm³/mol. The largest absolute Gasteiger partial charge is 0.492 e. The van der Waals surface area contributed by atoms with Gasteiger partial charge in [-0.05, 0) is 24.6 Å². The number of anilines is 1. The Morgan fingerprint density at radius 3 is 3.05 bits per heavy atom. The minimum Gasteiger partial charge on any atom is -0.492 e. The average molecular weight is 262 g/mol. The minimum atomic E-state index is -1.12. The first-order valence-electron chi connectivity index (χ1n) is 5.77. The van der Waals surface area contributed by atoms with Crippen LogP contribution in [0.2, 0.25) is 0 Å². The van der Waals surface area contributed by atoms with E-state index in [1.807, 2.05) is 31.2 Å². The van der Waals surface area contributed by atoms with Crippen LogP contribution in [0.4, 0.5) is 6.01 Å². The summed E-state index contributed by atoms with van der Waals surface area (Å²) in [6.45, 7) is 2.88. The quantitative estimate of drug-likeness (QED) is 0.776. The Hall–Kier alpha value is -2.50. The summed E-state index contributed by atoms with van der Waals surface area (Å²) in [6, 6.07) is 7.90. The first-order valence-corrected chi connectivity index (χ1v) is 5.77. The van der Waals surface area contributed by atoms with Crippen LogP contribution < -0.4 is 10.1 Å². The molecule has 6 heteroatoms. The van der Waals surface area contributed by atoms with Gasteiger partial charge in [-0.2, -0.15) is 4.98 Å². The number of carbonyl (C=O) groups is 1. The van der Waals surface area contributed by atoms with Gasteiger partial charge >= 0.3 is 5.97 Å². The summed E-state index contributed by atoms with van der Waals surface area (Å²) in [5.74, 6) is -0.326. The Labute approximate surface area is 110 Å². The first-order chi connectivity index (χ1) is 9.15. The molecule has 2 rings (SSSR count). The maximum Gasteiger partial charge on any atom is 0.357 e. The zero-order chi connectivity index (χ0) is 13.7. The highest BCUT2D eigenvalue weighted by Gasteiger charge is 2.09. The number of carboxylic acids is 1. The van der Waals surface area contributed by atoms with Crippen molar-refractivity contribution in [3.05, 3.63) is 41.8 Å². The van der Waals surface area contributed by atoms with Crippen LogP contribution in [0, 0.1) is 6.92 Å². The van der Waals surface area contributed by atoms with E-state index in [1.165, 1.54) is 0 Å². The second-order valence-electron chi connectivity index (χ2n) is 3.93. The van der Waals surface area contributed by atoms with Crippen LogP contribution in [0.25, 0.3) is 0 Å². The molecule has 0 unspecified atom stereocenters. The number of aromatic nitrogens is 1. The Bertz CT molecular complexity index is 565. The zero-order valence-electron chi connectivity index (χ0n) is 10.4. The fourth-order valence-electron chi connectivity index (χ4n) is 1.49. The van der Waals surface area contributed by atoms with E-state index in [2.05, 4.69) is 10.3 Å². The highest BCUT2D eigenvalue weighted by Crippen LogP contribution is 2.12. The predicted octanol–water partition coefficient (Wildman–Crippen LogP) is 2.17. The lowest BCUT2D eigenvalue weighted by Gasteiger charge is -2.06. The van der Waals surface area contributed by atoms with Crippen LogP contribution in [-0.2, 0) is 0 Å². The Kier molecular flexibility index (Phi) is 4.02. The van der Waals surface area contributed by atoms with Crippen LogP contribution in [0.1, 0.15) is 16.1 Å². The van der Waals surface area contributed by atoms with Crippen LogP contribution in [0.5, 0.6) is 5.75 Å². The van der Waals surface area contributed by atoms with Gasteiger partial charge in [0.15, 0.2) is 5.69 Å². The van der Waals surface area contributed by atoms with Crippen molar-refractivity contribution in [1.82, 2.24) is 4.98 Å². The number of aromatic carboxylic acids is 1. The van der Waals surface area contributed by atoms with Crippen molar-refractivity contribution in [1.29, 1.82) is 0 Å². The number of hydrogen-bond acceptors (Lipinski definition) is 5. The molecular formula is C13H14N2O4. The molecule has 0 aliphatic carbocycles. The number of benzene rings is 1. The summed E-state index contributed by atoms with van der Waals surface area (Å²) < 4.78 is 10.5. The van der Waals surface area contributed by atoms with Gasteiger partial charge in [-0.1, -0.05) is 12.1 Å². The maximum atomic E-state index is 10.6. The fourth-order valence-corrected chi connectivity index (χ4v) is 1.49. The van der Waals surface area contributed by atoms with Gasteiger partial charge in [0.1, 0.15) is 18.6 Å². The van der Waals surface area contributed by atoms with Crippen molar-refractivity contribution in [3.63, 3.8) is 0 Å². The molecule has 19 heavy (non-hydrogen) atoms. The lowest BCUT2D eigenvalue weighted by molar-refractivity contribution is 0.0690. The molecule has 0 aliphatic heterocycles. The third kappa shape index (κ3) is 3.74. The van der Waals surface area contributed by atoms with Crippen LogP contribution in [0.3, 0.4) is 0 Å². The number of oxazole rings is 1. The fraction of sp³-hybridized carbons (Fsp3) is 0.231. The van der Waals surface area contributed by atoms with E-state index in [0.29, 0.717) is 13.2 Å². The molecule has 100 valence electrons. The van der Waals surface area contributed by atoms with Gasteiger partial charge in [0.05, 0.1) is 6.54 Å². The third-order valence-electron chi connectivity index (χ3n) is 2.36. The van der Waals surface area contributed by atoms with E-state index in [-0.39, 0.29) is 11.7 Å². The van der Waals surface area contributed by atoms with E-state index in [0.717, 1.165) is 17.6 Å². The van der Waals surface area contributed by atoms with Crippen molar-refractivity contribution in [3.8, 4) is 5.75 Å². The number of nitrogens with one attached hydrogen (secondary N) is 1. The lowest BCUT2D eigenvalue weighted by atomic mass is 10.2. The number of hydrogen-bond donors (Lipinski definition) is 2. The molecule has 0 radical (unpaired) electrons. The van der Waals surface area contributed by atoms with Crippen LogP contribution in [-0.4, -0.2) is 29.2 Å². The lowest BCUT2D eigenvalue weighted by Crippen LogP contribution is -2.11. The van der Waals surface area contributed by atoms with E-state index in [4.69, 9.17) is 14.3 Å². The number of rotatable bonds is 6. The topological polar surface area (TPSA) is 84.6 Å². The Morgan fingerprint density at radius 1 is 1.53 bits per heavy atom. The van der Waals surface area contributed by atoms with Crippen LogP contribution in [0.15, 0.2) is 34.9 Å². The van der Waals surface area contributed by atoms with Crippen molar-refractivity contribution in [2.75, 3.05) is 18.5 Å². The van der Waals surface area contributed by atoms with Crippen molar-refractivity contribution in [2.45, 2.75) is 6.92 Å². The summed E-state index contributed by atoms with van der Waals surface area (Å²) in [5.41, 5.74) is 1.01. The van der Waals surface area contributed by atoms with Gasteiger partial charge in [0, 0.05) is 0 Å². The molecular weight excluding hydrogens is 248 g/mol. The summed E-state index contributed by atoms with van der Waals surface area (Å²) in [6.07, 6.45) is 1.09. The molecule has 0 atom stereocenters. The average Bonchev–Trinajstić information content (AvgIpc) is 2.84. The zero-order valence-corrected chi connectivity index (χ0v) is 10.4. The molecule has 0 saturated heterocycles. The smallest absolute Gasteiger partial charge is 0.357 e. The second kappa shape index (κ2) is 5.90. The molecule has 1 aromatic carbocycles. The Balaban J connectivity index is 1.76. The van der Waals surface area contributed by atoms with E-state index in [9.17, 15) is 4.79 Å². The monoisotopic (exact) mass is 262 g/mol. The molecule has 0 aliphatic rings. The van der Waals surface area contributed by atoms with E-state index in [1.54, 1.807) is 0 Å². The molecule has 1 heterocycles. The van der Waals surface area contributed by atoms with Crippen LogP contribution >= 0.6 is 0 Å². The summed E-state index contributed by atoms with van der Waals surface area (Å²) in [5, 5.41) is 11.5. The van der Waals surface area contributed by atoms with Gasteiger partial charge in [-0.25, -0.2) is 4.79 Å². The maximum absolute atomic E-state index is 10.6. The summed E-state index contributed by atoms with van der Waals surface area (Å²) in [7, 11) is 0. The third-order valence-corrected chi connectivity index (χ3v) is 2.36. The number of ether oxygens (including phenoxy) is 1. The molecule has 2 aromatic rings. The number of aryl methyl sites for hydroxylation is 1. The number of nitrogens with zero attached hydrogens (tertiary/aromatic N) is 1. The highest BCUT2D eigenvalue weighted by atomic mass is 16.5. The summed E-state index contributed by atoms with van der Waals surface area (Å²) >= 11 is 0. The molecule has 0 spiro atoms. The van der Waals surface area contributed by atoms with E-state index < -0.39 is 5.97 Å². The molecule has 0 amide bonds. The van der Waals surface area contributed by atoms with Gasteiger partial charge in [-0.3, -0.25) is 0 Å². The second-order valence-corrected chi connectivity index (χ2v) is 3.93. The first kappa shape index (κ1) is 12.9. The standard InChI is InChI=1S/C13H14N2O4/c1-9-3-2-4-10(7-9)18-6-5-14-13-15-11(8-19-13)12(16)17/h2-4,7-8H,5-6H2,1H3,(H,14,15)(H,16,17). The van der Waals surface area contributed by atoms with Gasteiger partial charge in [-0.15, -0.1) is 0 Å². The Morgan fingerprint density at radius 2 is 2.37 bits per heavy atom. The molecule has 6 nitrogen and oxygen atoms in total. The SMILES string of the molecule is Cc1cccc(OCCNc2nc(C(=O)O)co2)c1. The molecule has 0 fully saturated rings. The highest BCUT2D eigenvalue weighted by molar-refractivity contribution is 5.85. The van der Waals surface area contributed by atoms with Crippen molar-refractivity contribution < 1.29 is 19.1 Å². The molecule has 0 bridgehead atoms. The van der Waals surface area contributed by atoms with Crippen molar-refractivity contribution >= 4 is 12.0 Å². The van der Waals surface area contributed by atoms with Gasteiger partial charge in [0.25, 0.3) is 6.01 Å². The van der Waals surface area contributed by atoms with Gasteiger partial charge < -0.3 is 19.6 Å². The van der Waals surface area contributed by atoms with Crippen molar-refractivity contribution in [2.24, 2.45) is 0 Å². The molecule has 2 N–H and O–H groups in total. The van der Waals surface area contributed by atoms with E-state index >= 15 is 0 Å². The molecule has 0 saturated carbocycles. The normalized spacial score (nSPS) is 10.2. The minimum absolute atomic E-state index is 0.123. The van der Waals surface area contributed by atoms with Gasteiger partial charge in [0.2, 0.25) is 0 Å². The number of carboxylic acid groups (broad SMARTS) is 1. The molecule has 1 aromatic heterocycles.